The van der Waals surface area contributed by atoms with Crippen molar-refractivity contribution in [3.05, 3.63) is 52.3 Å². The van der Waals surface area contributed by atoms with E-state index in [0.717, 1.165) is 6.07 Å². The van der Waals surface area contributed by atoms with Gasteiger partial charge in [0.1, 0.15) is 11.9 Å². The van der Waals surface area contributed by atoms with E-state index in [4.69, 9.17) is 5.73 Å². The van der Waals surface area contributed by atoms with Gasteiger partial charge in [-0.2, -0.15) is 0 Å². The Hall–Kier alpha value is -3.10. The van der Waals surface area contributed by atoms with Crippen molar-refractivity contribution in [3.63, 3.8) is 0 Å². The molecule has 0 atom stereocenters. The third-order valence-electron chi connectivity index (χ3n) is 2.37. The second-order valence-corrected chi connectivity index (χ2v) is 3.73. The molecular formula is C11H8FN5O3. The van der Waals surface area contributed by atoms with Crippen molar-refractivity contribution in [3.8, 4) is 0 Å². The minimum atomic E-state index is -0.962. The molecule has 0 unspecified atom stereocenters. The molecule has 2 rings (SSSR count). The highest BCUT2D eigenvalue weighted by Gasteiger charge is 2.23. The molecule has 2 aromatic rings. The number of nitro groups is 1. The van der Waals surface area contributed by atoms with E-state index in [9.17, 15) is 19.3 Å². The van der Waals surface area contributed by atoms with Gasteiger partial charge in [-0.3, -0.25) is 14.9 Å². The third-order valence-corrected chi connectivity index (χ3v) is 2.37. The zero-order valence-electron chi connectivity index (χ0n) is 9.91. The van der Waals surface area contributed by atoms with E-state index >= 15 is 0 Å². The Morgan fingerprint density at radius 1 is 1.35 bits per heavy atom. The topological polar surface area (TPSA) is 124 Å². The first kappa shape index (κ1) is 13.3. The van der Waals surface area contributed by atoms with E-state index in [1.54, 1.807) is 0 Å². The Labute approximate surface area is 111 Å². The lowest BCUT2D eigenvalue weighted by atomic mass is 10.1. The number of benzene rings is 1. The van der Waals surface area contributed by atoms with Crippen molar-refractivity contribution >= 4 is 23.0 Å². The number of nitrogens with zero attached hydrogens (tertiary/aromatic N) is 3. The number of amides is 1. The normalized spacial score (nSPS) is 10.1. The van der Waals surface area contributed by atoms with Crippen LogP contribution in [0.4, 0.5) is 21.5 Å². The number of aromatic nitrogens is 2. The Kier molecular flexibility index (Phi) is 3.51. The quantitative estimate of drug-likeness (QED) is 0.495. The molecule has 1 aromatic carbocycles. The van der Waals surface area contributed by atoms with Crippen LogP contribution in [0.5, 0.6) is 0 Å². The van der Waals surface area contributed by atoms with Crippen molar-refractivity contribution in [1.82, 2.24) is 9.97 Å². The monoisotopic (exact) mass is 277 g/mol. The van der Waals surface area contributed by atoms with E-state index in [1.807, 2.05) is 0 Å². The zero-order chi connectivity index (χ0) is 14.7. The van der Waals surface area contributed by atoms with Gasteiger partial charge in [-0.15, -0.1) is 0 Å². The number of nitrogen functional groups attached to an aromatic ring is 1. The summed E-state index contributed by atoms with van der Waals surface area (Å²) in [5.74, 6) is -1.77. The maximum Gasteiger partial charge on any atom is 0.285 e. The minimum absolute atomic E-state index is 0.245. The highest BCUT2D eigenvalue weighted by Crippen LogP contribution is 2.25. The number of rotatable bonds is 3. The van der Waals surface area contributed by atoms with Gasteiger partial charge in [0, 0.05) is 0 Å². The van der Waals surface area contributed by atoms with Gasteiger partial charge in [-0.1, -0.05) is 0 Å². The summed E-state index contributed by atoms with van der Waals surface area (Å²) in [6, 6.07) is 1.51. The molecule has 0 saturated carbocycles. The summed E-state index contributed by atoms with van der Waals surface area (Å²) in [6.07, 6.45) is 3.88. The lowest BCUT2D eigenvalue weighted by Crippen LogP contribution is -2.15. The molecular weight excluding hydrogens is 269 g/mol. The number of hydrogen-bond acceptors (Lipinski definition) is 6. The molecule has 3 N–H and O–H groups in total. The second-order valence-electron chi connectivity index (χ2n) is 3.73. The molecule has 0 saturated heterocycles. The fraction of sp³-hybridized carbons (Fsp3) is 0. The lowest BCUT2D eigenvalue weighted by Gasteiger charge is -2.06. The maximum atomic E-state index is 13.2. The fourth-order valence-electron chi connectivity index (χ4n) is 1.47. The summed E-state index contributed by atoms with van der Waals surface area (Å²) in [4.78, 5) is 29.3. The van der Waals surface area contributed by atoms with Crippen LogP contribution in [0.3, 0.4) is 0 Å². The van der Waals surface area contributed by atoms with Gasteiger partial charge in [0.2, 0.25) is 0 Å². The Morgan fingerprint density at radius 2 is 2.00 bits per heavy atom. The highest BCUT2D eigenvalue weighted by atomic mass is 19.1. The first-order valence-corrected chi connectivity index (χ1v) is 5.29. The maximum absolute atomic E-state index is 13.2. The van der Waals surface area contributed by atoms with Crippen LogP contribution in [0, 0.1) is 15.9 Å². The number of hydrogen-bond donors (Lipinski definition) is 2. The molecule has 0 bridgehead atoms. The van der Waals surface area contributed by atoms with Crippen LogP contribution in [-0.4, -0.2) is 20.8 Å². The molecule has 20 heavy (non-hydrogen) atoms. The number of halogens is 1. The number of nitro benzene ring substituents is 1. The summed E-state index contributed by atoms with van der Waals surface area (Å²) >= 11 is 0. The molecule has 9 heteroatoms. The molecule has 102 valence electrons. The fourth-order valence-corrected chi connectivity index (χ4v) is 1.47. The summed E-state index contributed by atoms with van der Waals surface area (Å²) < 4.78 is 13.2. The van der Waals surface area contributed by atoms with Gasteiger partial charge in [0.15, 0.2) is 5.82 Å². The van der Waals surface area contributed by atoms with Crippen molar-refractivity contribution in [2.75, 3.05) is 11.1 Å². The Balaban J connectivity index is 2.39. The van der Waals surface area contributed by atoms with Crippen molar-refractivity contribution < 1.29 is 14.1 Å². The first-order chi connectivity index (χ1) is 9.49. The SMILES string of the molecule is Nc1cc(C(=O)Nc2cncnc2)c([N+](=O)[O-])cc1F. The Morgan fingerprint density at radius 3 is 2.60 bits per heavy atom. The first-order valence-electron chi connectivity index (χ1n) is 5.29. The second kappa shape index (κ2) is 5.26. The standard InChI is InChI=1S/C11H8FN5O3/c12-8-2-10(17(19)20)7(1-9(8)13)11(18)16-6-3-14-5-15-4-6/h1-5H,13H2,(H,16,18). The third kappa shape index (κ3) is 2.66. The summed E-state index contributed by atoms with van der Waals surface area (Å²) in [7, 11) is 0. The highest BCUT2D eigenvalue weighted by molar-refractivity contribution is 6.07. The number of carbonyl (C=O) groups excluding carboxylic acids is 1. The van der Waals surface area contributed by atoms with Gasteiger partial charge in [-0.05, 0) is 6.07 Å². The van der Waals surface area contributed by atoms with Gasteiger partial charge >= 0.3 is 0 Å². The van der Waals surface area contributed by atoms with Crippen molar-refractivity contribution in [2.24, 2.45) is 0 Å². The molecule has 0 aliphatic rings. The predicted molar refractivity (Wildman–Crippen MR) is 67.5 cm³/mol. The van der Waals surface area contributed by atoms with Gasteiger partial charge in [0.05, 0.1) is 34.8 Å². The summed E-state index contributed by atoms with van der Waals surface area (Å²) in [5, 5.41) is 13.2. The zero-order valence-corrected chi connectivity index (χ0v) is 9.91. The van der Waals surface area contributed by atoms with Crippen LogP contribution in [0.25, 0.3) is 0 Å². The number of carbonyl (C=O) groups is 1. The molecule has 0 spiro atoms. The summed E-state index contributed by atoms with van der Waals surface area (Å²) in [6.45, 7) is 0. The number of anilines is 2. The van der Waals surface area contributed by atoms with Crippen molar-refractivity contribution in [2.45, 2.75) is 0 Å². The minimum Gasteiger partial charge on any atom is -0.396 e. The van der Waals surface area contributed by atoms with E-state index in [1.165, 1.54) is 18.7 Å². The van der Waals surface area contributed by atoms with Crippen LogP contribution in [-0.2, 0) is 0 Å². The Bertz CT molecular complexity index is 677. The predicted octanol–water partition coefficient (Wildman–Crippen LogP) is 1.36. The molecule has 1 heterocycles. The molecule has 1 aromatic heterocycles. The number of nitrogens with two attached hydrogens (primary N) is 1. The van der Waals surface area contributed by atoms with Crippen LogP contribution >= 0.6 is 0 Å². The van der Waals surface area contributed by atoms with Crippen LogP contribution in [0.1, 0.15) is 10.4 Å². The smallest absolute Gasteiger partial charge is 0.285 e. The molecule has 1 amide bonds. The van der Waals surface area contributed by atoms with Crippen molar-refractivity contribution in [1.29, 1.82) is 0 Å². The van der Waals surface area contributed by atoms with Crippen LogP contribution < -0.4 is 11.1 Å². The number of nitrogens with one attached hydrogen (secondary N) is 1. The van der Waals surface area contributed by atoms with E-state index in [0.29, 0.717) is 6.07 Å². The van der Waals surface area contributed by atoms with E-state index in [2.05, 4.69) is 15.3 Å². The molecule has 0 aliphatic heterocycles. The van der Waals surface area contributed by atoms with Gasteiger partial charge in [0.25, 0.3) is 11.6 Å². The summed E-state index contributed by atoms with van der Waals surface area (Å²) in [5.41, 5.74) is 4.18. The molecule has 8 nitrogen and oxygen atoms in total. The van der Waals surface area contributed by atoms with Crippen LogP contribution in [0.15, 0.2) is 30.9 Å². The molecule has 0 aliphatic carbocycles. The van der Waals surface area contributed by atoms with Crippen LogP contribution in [0.2, 0.25) is 0 Å². The molecule has 0 fully saturated rings. The van der Waals surface area contributed by atoms with E-state index < -0.39 is 22.3 Å². The van der Waals surface area contributed by atoms with E-state index in [-0.39, 0.29) is 16.9 Å². The average molecular weight is 277 g/mol. The largest absolute Gasteiger partial charge is 0.396 e. The van der Waals surface area contributed by atoms with Gasteiger partial charge in [-0.25, -0.2) is 14.4 Å². The van der Waals surface area contributed by atoms with Gasteiger partial charge < -0.3 is 11.1 Å². The average Bonchev–Trinajstić information content (AvgIpc) is 2.42. The lowest BCUT2D eigenvalue weighted by molar-refractivity contribution is -0.385. The molecule has 0 radical (unpaired) electrons.